The Morgan fingerprint density at radius 1 is 1.05 bits per heavy atom. The van der Waals surface area contributed by atoms with E-state index in [1.54, 1.807) is 31.2 Å². The monoisotopic (exact) mass is 625 g/mol. The van der Waals surface area contributed by atoms with Crippen molar-refractivity contribution in [2.75, 3.05) is 13.2 Å². The summed E-state index contributed by atoms with van der Waals surface area (Å²) in [4.78, 5) is 18.1. The van der Waals surface area contributed by atoms with Gasteiger partial charge in [-0.25, -0.2) is 9.78 Å². The fourth-order valence-corrected chi connectivity index (χ4v) is 7.32. The van der Waals surface area contributed by atoms with Crippen molar-refractivity contribution < 1.29 is 27.4 Å². The van der Waals surface area contributed by atoms with Crippen molar-refractivity contribution in [2.45, 2.75) is 37.1 Å². The first-order chi connectivity index (χ1) is 19.0. The SMILES string of the molecule is CCOC(=O)COc1ccc(SC(c2sc(-c3ccc(C(F)(F)F)cc3)nc2C)c2c(Cl)cccc2Cl)cc1C. The molecule has 1 aromatic heterocycles. The van der Waals surface area contributed by atoms with E-state index in [1.807, 2.05) is 26.0 Å². The summed E-state index contributed by atoms with van der Waals surface area (Å²) in [5.41, 5.74) is 2.12. The van der Waals surface area contributed by atoms with E-state index >= 15 is 0 Å². The zero-order valence-electron chi connectivity index (χ0n) is 21.6. The van der Waals surface area contributed by atoms with Gasteiger partial charge in [0.2, 0.25) is 0 Å². The summed E-state index contributed by atoms with van der Waals surface area (Å²) in [6, 6.07) is 15.9. The molecular weight excluding hydrogens is 602 g/mol. The molecular formula is C29H24Cl2F3NO3S2. The van der Waals surface area contributed by atoms with Crippen LogP contribution < -0.4 is 4.74 Å². The highest BCUT2D eigenvalue weighted by Crippen LogP contribution is 2.50. The van der Waals surface area contributed by atoms with Gasteiger partial charge < -0.3 is 9.47 Å². The molecule has 0 saturated heterocycles. The molecule has 1 atom stereocenters. The molecule has 0 aliphatic carbocycles. The maximum atomic E-state index is 13.1. The minimum absolute atomic E-state index is 0.189. The third kappa shape index (κ3) is 7.13. The van der Waals surface area contributed by atoms with Crippen LogP contribution in [0.4, 0.5) is 13.2 Å². The lowest BCUT2D eigenvalue weighted by atomic mass is 10.1. The molecule has 0 fully saturated rings. The van der Waals surface area contributed by atoms with E-state index in [0.29, 0.717) is 31.9 Å². The predicted molar refractivity (Wildman–Crippen MR) is 155 cm³/mol. The minimum atomic E-state index is -4.41. The predicted octanol–water partition coefficient (Wildman–Crippen LogP) is 9.58. The topological polar surface area (TPSA) is 48.4 Å². The third-order valence-corrected chi connectivity index (χ3v) is 9.16. The Bertz CT molecular complexity index is 1490. The molecule has 0 N–H and O–H groups in total. The summed E-state index contributed by atoms with van der Waals surface area (Å²) in [6.07, 6.45) is -4.41. The first kappa shape index (κ1) is 30.2. The molecule has 210 valence electrons. The second kappa shape index (κ2) is 12.9. The van der Waals surface area contributed by atoms with Gasteiger partial charge in [0, 0.05) is 30.9 Å². The van der Waals surface area contributed by atoms with Crippen LogP contribution in [0, 0.1) is 13.8 Å². The molecule has 0 amide bonds. The second-order valence-corrected chi connectivity index (χ2v) is 11.7. The number of rotatable bonds is 9. The molecule has 40 heavy (non-hydrogen) atoms. The van der Waals surface area contributed by atoms with E-state index in [2.05, 4.69) is 4.98 Å². The van der Waals surface area contributed by atoms with Crippen LogP contribution in [0.15, 0.2) is 65.6 Å². The van der Waals surface area contributed by atoms with E-state index in [9.17, 15) is 18.0 Å². The van der Waals surface area contributed by atoms with Crippen LogP contribution in [0.3, 0.4) is 0 Å². The smallest absolute Gasteiger partial charge is 0.416 e. The van der Waals surface area contributed by atoms with E-state index in [-0.39, 0.29) is 18.5 Å². The van der Waals surface area contributed by atoms with Gasteiger partial charge in [-0.2, -0.15) is 13.2 Å². The van der Waals surface area contributed by atoms with Gasteiger partial charge in [-0.3, -0.25) is 0 Å². The Morgan fingerprint density at radius 3 is 2.33 bits per heavy atom. The van der Waals surface area contributed by atoms with Crippen molar-refractivity contribution in [3.8, 4) is 16.3 Å². The Kier molecular flexibility index (Phi) is 9.72. The van der Waals surface area contributed by atoms with Gasteiger partial charge in [0.25, 0.3) is 0 Å². The molecule has 1 unspecified atom stereocenters. The first-order valence-electron chi connectivity index (χ1n) is 12.1. The van der Waals surface area contributed by atoms with Crippen molar-refractivity contribution in [1.82, 2.24) is 4.98 Å². The van der Waals surface area contributed by atoms with E-state index in [4.69, 9.17) is 32.7 Å². The number of hydrogen-bond acceptors (Lipinski definition) is 6. The number of ether oxygens (including phenoxy) is 2. The van der Waals surface area contributed by atoms with E-state index < -0.39 is 17.7 Å². The van der Waals surface area contributed by atoms with Gasteiger partial charge in [0.05, 0.1) is 23.1 Å². The van der Waals surface area contributed by atoms with Crippen LogP contribution in [-0.2, 0) is 15.7 Å². The van der Waals surface area contributed by atoms with Crippen molar-refractivity contribution in [3.05, 3.63) is 98.0 Å². The Morgan fingerprint density at radius 2 is 1.73 bits per heavy atom. The molecule has 0 aliphatic rings. The van der Waals surface area contributed by atoms with Crippen LogP contribution in [0.2, 0.25) is 10.0 Å². The van der Waals surface area contributed by atoms with Crippen molar-refractivity contribution >= 4 is 52.3 Å². The summed E-state index contributed by atoms with van der Waals surface area (Å²) < 4.78 is 49.7. The van der Waals surface area contributed by atoms with E-state index in [0.717, 1.165) is 33.2 Å². The largest absolute Gasteiger partial charge is 0.482 e. The lowest BCUT2D eigenvalue weighted by Gasteiger charge is -2.20. The fraction of sp³-hybridized carbons (Fsp3) is 0.241. The summed E-state index contributed by atoms with van der Waals surface area (Å²) in [6.45, 7) is 5.55. The molecule has 3 aromatic carbocycles. The van der Waals surface area contributed by atoms with Crippen molar-refractivity contribution in [2.24, 2.45) is 0 Å². The summed E-state index contributed by atoms with van der Waals surface area (Å²) in [7, 11) is 0. The Hall–Kier alpha value is -2.72. The zero-order chi connectivity index (χ0) is 29.0. The van der Waals surface area contributed by atoms with Crippen LogP contribution in [0.1, 0.15) is 39.4 Å². The quantitative estimate of drug-likeness (QED) is 0.137. The molecule has 4 aromatic rings. The molecule has 0 bridgehead atoms. The Labute approximate surface area is 248 Å². The van der Waals surface area contributed by atoms with Crippen molar-refractivity contribution in [1.29, 1.82) is 0 Å². The van der Waals surface area contributed by atoms with Gasteiger partial charge in [-0.1, -0.05) is 41.4 Å². The molecule has 4 rings (SSSR count). The second-order valence-electron chi connectivity index (χ2n) is 8.70. The number of aromatic nitrogens is 1. The highest BCUT2D eigenvalue weighted by molar-refractivity contribution is 7.99. The number of hydrogen-bond donors (Lipinski definition) is 0. The standard InChI is InChI=1S/C29H24Cl2F3NO3S2/c1-4-37-24(36)15-38-23-13-12-20(14-16(23)2)39-27(25-21(30)6-5-7-22(25)31)26-17(3)35-28(40-26)18-8-10-19(11-9-18)29(32,33)34/h5-14,27H,4,15H2,1-3H3. The molecule has 11 heteroatoms. The molecule has 0 radical (unpaired) electrons. The van der Waals surface area contributed by atoms with Gasteiger partial charge in [0.15, 0.2) is 6.61 Å². The fourth-order valence-electron chi connectivity index (χ4n) is 3.91. The highest BCUT2D eigenvalue weighted by Gasteiger charge is 2.31. The number of carbonyl (C=O) groups is 1. The first-order valence-corrected chi connectivity index (χ1v) is 14.6. The molecule has 1 heterocycles. The number of alkyl halides is 3. The van der Waals surface area contributed by atoms with Crippen LogP contribution >= 0.6 is 46.3 Å². The maximum Gasteiger partial charge on any atom is 0.416 e. The number of thioether (sulfide) groups is 1. The number of nitrogens with zero attached hydrogens (tertiary/aromatic N) is 1. The lowest BCUT2D eigenvalue weighted by Crippen LogP contribution is -2.14. The molecule has 0 saturated carbocycles. The number of aryl methyl sites for hydroxylation is 2. The van der Waals surface area contributed by atoms with Crippen LogP contribution in [0.5, 0.6) is 5.75 Å². The van der Waals surface area contributed by atoms with E-state index in [1.165, 1.54) is 35.2 Å². The lowest BCUT2D eigenvalue weighted by molar-refractivity contribution is -0.145. The average molecular weight is 627 g/mol. The van der Waals surface area contributed by atoms with Crippen LogP contribution in [0.25, 0.3) is 10.6 Å². The maximum absolute atomic E-state index is 13.1. The number of thiazole rings is 1. The average Bonchev–Trinajstić information content (AvgIpc) is 3.28. The molecule has 4 nitrogen and oxygen atoms in total. The molecule has 0 aliphatic heterocycles. The zero-order valence-corrected chi connectivity index (χ0v) is 24.8. The number of esters is 1. The number of benzene rings is 3. The summed E-state index contributed by atoms with van der Waals surface area (Å²) >= 11 is 16.2. The summed E-state index contributed by atoms with van der Waals surface area (Å²) in [5.74, 6) is 0.113. The van der Waals surface area contributed by atoms with Crippen LogP contribution in [-0.4, -0.2) is 24.2 Å². The normalized spacial score (nSPS) is 12.3. The summed E-state index contributed by atoms with van der Waals surface area (Å²) in [5, 5.41) is 1.21. The highest BCUT2D eigenvalue weighted by atomic mass is 35.5. The van der Waals surface area contributed by atoms with Gasteiger partial charge in [0.1, 0.15) is 10.8 Å². The minimum Gasteiger partial charge on any atom is -0.482 e. The third-order valence-electron chi connectivity index (χ3n) is 5.84. The Balaban J connectivity index is 1.68. The van der Waals surface area contributed by atoms with Crippen molar-refractivity contribution in [3.63, 3.8) is 0 Å². The van der Waals surface area contributed by atoms with Gasteiger partial charge >= 0.3 is 12.1 Å². The number of halogens is 5. The van der Waals surface area contributed by atoms with Gasteiger partial charge in [-0.05, 0) is 68.8 Å². The molecule has 0 spiro atoms. The van der Waals surface area contributed by atoms with Gasteiger partial charge in [-0.15, -0.1) is 23.1 Å². The number of carbonyl (C=O) groups excluding carboxylic acids is 1.